The Kier molecular flexibility index (Phi) is 3.52. The molecule has 0 fully saturated rings. The van der Waals surface area contributed by atoms with Crippen LogP contribution >= 0.6 is 15.9 Å². The molecule has 0 amide bonds. The molecular formula is C10H12BrNO2. The molecule has 1 aromatic carbocycles. The summed E-state index contributed by atoms with van der Waals surface area (Å²) in [4.78, 5) is 10.6. The Labute approximate surface area is 91.3 Å². The summed E-state index contributed by atoms with van der Waals surface area (Å²) >= 11 is 3.39. The number of nitrogens with one attached hydrogen (secondary N) is 1. The third-order valence-corrected chi connectivity index (χ3v) is 2.78. The highest BCUT2D eigenvalue weighted by atomic mass is 79.9. The summed E-state index contributed by atoms with van der Waals surface area (Å²) < 4.78 is 0.972. The number of benzene rings is 1. The Balaban J connectivity index is 2.78. The molecule has 14 heavy (non-hydrogen) atoms. The molecule has 0 aliphatic rings. The zero-order chi connectivity index (χ0) is 10.7. The lowest BCUT2D eigenvalue weighted by atomic mass is 10.2. The first-order valence-electron chi connectivity index (χ1n) is 4.26. The second-order valence-corrected chi connectivity index (χ2v) is 4.02. The highest BCUT2D eigenvalue weighted by Crippen LogP contribution is 2.20. The van der Waals surface area contributed by atoms with Crippen molar-refractivity contribution in [2.75, 3.05) is 5.32 Å². The van der Waals surface area contributed by atoms with Crippen LogP contribution in [-0.2, 0) is 4.79 Å². The molecule has 0 aliphatic heterocycles. The van der Waals surface area contributed by atoms with E-state index < -0.39 is 12.0 Å². The van der Waals surface area contributed by atoms with Gasteiger partial charge in [0, 0.05) is 10.2 Å². The van der Waals surface area contributed by atoms with Gasteiger partial charge >= 0.3 is 5.97 Å². The molecule has 4 heteroatoms. The van der Waals surface area contributed by atoms with E-state index in [0.717, 1.165) is 15.7 Å². The summed E-state index contributed by atoms with van der Waals surface area (Å²) in [7, 11) is 0. The van der Waals surface area contributed by atoms with Gasteiger partial charge in [0.25, 0.3) is 0 Å². The molecule has 2 N–H and O–H groups in total. The highest BCUT2D eigenvalue weighted by molar-refractivity contribution is 9.10. The van der Waals surface area contributed by atoms with Gasteiger partial charge < -0.3 is 10.4 Å². The standard InChI is InChI=1S/C10H12BrNO2/c1-6-3-4-8(5-9(6)11)12-7(2)10(13)14/h3-5,7,12H,1-2H3,(H,13,14). The molecule has 0 saturated heterocycles. The normalized spacial score (nSPS) is 12.2. The minimum atomic E-state index is -0.860. The lowest BCUT2D eigenvalue weighted by Crippen LogP contribution is -2.25. The number of hydrogen-bond acceptors (Lipinski definition) is 2. The Hall–Kier alpha value is -1.03. The lowest BCUT2D eigenvalue weighted by Gasteiger charge is -2.11. The van der Waals surface area contributed by atoms with Gasteiger partial charge in [-0.1, -0.05) is 22.0 Å². The third kappa shape index (κ3) is 2.73. The molecule has 1 aromatic rings. The second kappa shape index (κ2) is 4.46. The number of aliphatic carboxylic acids is 1. The van der Waals surface area contributed by atoms with Gasteiger partial charge in [-0.3, -0.25) is 4.79 Å². The number of halogens is 1. The number of carbonyl (C=O) groups is 1. The maximum atomic E-state index is 10.6. The van der Waals surface area contributed by atoms with Crippen LogP contribution in [0.25, 0.3) is 0 Å². The van der Waals surface area contributed by atoms with Gasteiger partial charge in [-0.2, -0.15) is 0 Å². The minimum Gasteiger partial charge on any atom is -0.480 e. The zero-order valence-corrected chi connectivity index (χ0v) is 9.63. The van der Waals surface area contributed by atoms with Crippen molar-refractivity contribution in [3.05, 3.63) is 28.2 Å². The Morgan fingerprint density at radius 1 is 1.57 bits per heavy atom. The van der Waals surface area contributed by atoms with E-state index in [1.54, 1.807) is 6.92 Å². The van der Waals surface area contributed by atoms with Crippen LogP contribution in [0.1, 0.15) is 12.5 Å². The number of rotatable bonds is 3. The fourth-order valence-corrected chi connectivity index (χ4v) is 1.37. The maximum absolute atomic E-state index is 10.6. The average molecular weight is 258 g/mol. The molecule has 0 bridgehead atoms. The van der Waals surface area contributed by atoms with Crippen LogP contribution < -0.4 is 5.32 Å². The summed E-state index contributed by atoms with van der Waals surface area (Å²) in [5.74, 6) is -0.860. The summed E-state index contributed by atoms with van der Waals surface area (Å²) in [5, 5.41) is 11.6. The fourth-order valence-electron chi connectivity index (χ4n) is 0.994. The summed E-state index contributed by atoms with van der Waals surface area (Å²) in [6, 6.07) is 5.08. The Bertz CT molecular complexity index is 352. The third-order valence-electron chi connectivity index (χ3n) is 1.93. The second-order valence-electron chi connectivity index (χ2n) is 3.17. The van der Waals surface area contributed by atoms with Gasteiger partial charge in [0.05, 0.1) is 0 Å². The summed E-state index contributed by atoms with van der Waals surface area (Å²) in [6.45, 7) is 3.59. The fraction of sp³-hybridized carbons (Fsp3) is 0.300. The van der Waals surface area contributed by atoms with Crippen molar-refractivity contribution in [1.82, 2.24) is 0 Å². The molecule has 0 saturated carbocycles. The van der Waals surface area contributed by atoms with E-state index in [9.17, 15) is 4.79 Å². The first-order valence-corrected chi connectivity index (χ1v) is 5.05. The molecule has 76 valence electrons. The number of anilines is 1. The van der Waals surface area contributed by atoms with Gasteiger partial charge in [0.15, 0.2) is 0 Å². The van der Waals surface area contributed by atoms with E-state index in [2.05, 4.69) is 21.2 Å². The summed E-state index contributed by atoms with van der Waals surface area (Å²) in [6.07, 6.45) is 0. The van der Waals surface area contributed by atoms with Crippen molar-refractivity contribution in [3.63, 3.8) is 0 Å². The van der Waals surface area contributed by atoms with Crippen molar-refractivity contribution in [3.8, 4) is 0 Å². The zero-order valence-electron chi connectivity index (χ0n) is 8.04. The van der Waals surface area contributed by atoms with Gasteiger partial charge in [0.1, 0.15) is 6.04 Å². The molecule has 0 spiro atoms. The molecule has 3 nitrogen and oxygen atoms in total. The van der Waals surface area contributed by atoms with E-state index in [-0.39, 0.29) is 0 Å². The molecular weight excluding hydrogens is 246 g/mol. The van der Waals surface area contributed by atoms with Crippen LogP contribution in [0.3, 0.4) is 0 Å². The molecule has 1 atom stereocenters. The highest BCUT2D eigenvalue weighted by Gasteiger charge is 2.09. The van der Waals surface area contributed by atoms with Gasteiger partial charge in [-0.15, -0.1) is 0 Å². The Morgan fingerprint density at radius 3 is 2.71 bits per heavy atom. The van der Waals surface area contributed by atoms with Crippen LogP contribution in [0.5, 0.6) is 0 Å². The molecule has 1 unspecified atom stereocenters. The smallest absolute Gasteiger partial charge is 0.325 e. The largest absolute Gasteiger partial charge is 0.480 e. The quantitative estimate of drug-likeness (QED) is 0.876. The van der Waals surface area contributed by atoms with E-state index >= 15 is 0 Å². The molecule has 0 aromatic heterocycles. The monoisotopic (exact) mass is 257 g/mol. The molecule has 0 heterocycles. The molecule has 0 aliphatic carbocycles. The topological polar surface area (TPSA) is 49.3 Å². The van der Waals surface area contributed by atoms with Gasteiger partial charge in [0.2, 0.25) is 0 Å². The van der Waals surface area contributed by atoms with E-state index in [0.29, 0.717) is 0 Å². The van der Waals surface area contributed by atoms with Crippen LogP contribution in [-0.4, -0.2) is 17.1 Å². The van der Waals surface area contributed by atoms with E-state index in [4.69, 9.17) is 5.11 Å². The average Bonchev–Trinajstić information content (AvgIpc) is 2.11. The van der Waals surface area contributed by atoms with Crippen LogP contribution in [0, 0.1) is 6.92 Å². The van der Waals surface area contributed by atoms with Crippen molar-refractivity contribution >= 4 is 27.6 Å². The molecule has 0 radical (unpaired) electrons. The van der Waals surface area contributed by atoms with E-state index in [1.165, 1.54) is 0 Å². The first-order chi connectivity index (χ1) is 6.50. The molecule has 1 rings (SSSR count). The Morgan fingerprint density at radius 2 is 2.21 bits per heavy atom. The predicted octanol–water partition coefficient (Wildman–Crippen LogP) is 2.64. The SMILES string of the molecule is Cc1ccc(NC(C)C(=O)O)cc1Br. The van der Waals surface area contributed by atoms with E-state index in [1.807, 2.05) is 25.1 Å². The first kappa shape index (κ1) is 11.0. The van der Waals surface area contributed by atoms with Crippen molar-refractivity contribution in [2.24, 2.45) is 0 Å². The number of hydrogen-bond donors (Lipinski definition) is 2. The van der Waals surface area contributed by atoms with Crippen LogP contribution in [0.15, 0.2) is 22.7 Å². The minimum absolute atomic E-state index is 0.579. The van der Waals surface area contributed by atoms with Crippen molar-refractivity contribution < 1.29 is 9.90 Å². The number of aryl methyl sites for hydroxylation is 1. The lowest BCUT2D eigenvalue weighted by molar-refractivity contribution is -0.137. The van der Waals surface area contributed by atoms with Crippen molar-refractivity contribution in [1.29, 1.82) is 0 Å². The number of carboxylic acids is 1. The van der Waals surface area contributed by atoms with Crippen molar-refractivity contribution in [2.45, 2.75) is 19.9 Å². The van der Waals surface area contributed by atoms with Crippen LogP contribution in [0.2, 0.25) is 0 Å². The summed E-state index contributed by atoms with van der Waals surface area (Å²) in [5.41, 5.74) is 1.93. The van der Waals surface area contributed by atoms with Gasteiger partial charge in [-0.05, 0) is 31.5 Å². The number of carboxylic acid groups (broad SMARTS) is 1. The van der Waals surface area contributed by atoms with Crippen LogP contribution in [0.4, 0.5) is 5.69 Å². The maximum Gasteiger partial charge on any atom is 0.325 e. The predicted molar refractivity (Wildman–Crippen MR) is 59.6 cm³/mol. The van der Waals surface area contributed by atoms with Gasteiger partial charge in [-0.25, -0.2) is 0 Å².